The monoisotopic (exact) mass is 539 g/mol. The smallest absolute Gasteiger partial charge is 0.410 e. The molecule has 0 unspecified atom stereocenters. The minimum Gasteiger partial charge on any atom is -0.444 e. The van der Waals surface area contributed by atoms with Crippen LogP contribution in [0.1, 0.15) is 71.8 Å². The second-order valence-electron chi connectivity index (χ2n) is 11.7. The summed E-state index contributed by atoms with van der Waals surface area (Å²) < 4.78 is 5.51. The number of anilines is 2. The van der Waals surface area contributed by atoms with Crippen LogP contribution in [0.25, 0.3) is 11.3 Å². The summed E-state index contributed by atoms with van der Waals surface area (Å²) in [6, 6.07) is 4.41. The maximum Gasteiger partial charge on any atom is 0.410 e. The van der Waals surface area contributed by atoms with Crippen LogP contribution in [0.3, 0.4) is 0 Å². The molecule has 1 aliphatic carbocycles. The van der Waals surface area contributed by atoms with Crippen molar-refractivity contribution in [2.24, 2.45) is 0 Å². The molecule has 3 N–H and O–H groups in total. The van der Waals surface area contributed by atoms with Gasteiger partial charge in [-0.15, -0.1) is 0 Å². The van der Waals surface area contributed by atoms with Gasteiger partial charge in [-0.25, -0.2) is 9.78 Å². The molecule has 39 heavy (non-hydrogen) atoms. The van der Waals surface area contributed by atoms with Crippen molar-refractivity contribution in [3.63, 3.8) is 0 Å². The first-order valence-electron chi connectivity index (χ1n) is 14.4. The number of unbranched alkanes of at least 4 members (excludes halogenated alkanes) is 1. The number of aliphatic hydroxyl groups excluding tert-OH is 1. The van der Waals surface area contributed by atoms with Crippen LogP contribution in [0.2, 0.25) is 0 Å². The highest BCUT2D eigenvalue weighted by molar-refractivity contribution is 5.73. The summed E-state index contributed by atoms with van der Waals surface area (Å²) in [4.78, 5) is 30.6. The van der Waals surface area contributed by atoms with Gasteiger partial charge in [0.1, 0.15) is 11.4 Å². The van der Waals surface area contributed by atoms with Gasteiger partial charge in [0.2, 0.25) is 5.95 Å². The first kappa shape index (κ1) is 29.0. The molecule has 10 heteroatoms. The number of carbonyl (C=O) groups excluding carboxylic acids is 1. The number of amides is 1. The minimum absolute atomic E-state index is 0.200. The summed E-state index contributed by atoms with van der Waals surface area (Å²) in [7, 11) is 0. The number of ether oxygens (including phenoxy) is 1. The highest BCUT2D eigenvalue weighted by Crippen LogP contribution is 2.29. The maximum atomic E-state index is 12.4. The molecule has 0 aromatic carbocycles. The van der Waals surface area contributed by atoms with Crippen molar-refractivity contribution in [3.8, 4) is 11.3 Å². The fourth-order valence-corrected chi connectivity index (χ4v) is 4.91. The first-order valence-corrected chi connectivity index (χ1v) is 14.4. The molecule has 1 aliphatic heterocycles. The van der Waals surface area contributed by atoms with Crippen LogP contribution in [0.4, 0.5) is 16.6 Å². The van der Waals surface area contributed by atoms with E-state index < -0.39 is 5.60 Å². The summed E-state index contributed by atoms with van der Waals surface area (Å²) in [5, 5.41) is 16.8. The molecular formula is C29H45N7O3. The topological polar surface area (TPSA) is 116 Å². The van der Waals surface area contributed by atoms with E-state index in [0.29, 0.717) is 19.0 Å². The molecule has 214 valence electrons. The van der Waals surface area contributed by atoms with Gasteiger partial charge in [0.05, 0.1) is 17.4 Å². The largest absolute Gasteiger partial charge is 0.444 e. The number of pyridine rings is 1. The second-order valence-corrected chi connectivity index (χ2v) is 11.7. The van der Waals surface area contributed by atoms with Crippen molar-refractivity contribution in [2.45, 2.75) is 90.5 Å². The normalized spacial score (nSPS) is 20.5. The first-order chi connectivity index (χ1) is 18.7. The van der Waals surface area contributed by atoms with Crippen LogP contribution < -0.4 is 10.6 Å². The average Bonchev–Trinajstić information content (AvgIpc) is 2.90. The van der Waals surface area contributed by atoms with Crippen molar-refractivity contribution >= 4 is 17.9 Å². The zero-order valence-electron chi connectivity index (χ0n) is 23.9. The van der Waals surface area contributed by atoms with Crippen LogP contribution in [-0.4, -0.2) is 86.4 Å². The van der Waals surface area contributed by atoms with Crippen LogP contribution in [0.5, 0.6) is 0 Å². The second kappa shape index (κ2) is 13.4. The highest BCUT2D eigenvalue weighted by atomic mass is 16.6. The third-order valence-electron chi connectivity index (χ3n) is 7.17. The van der Waals surface area contributed by atoms with Crippen LogP contribution in [0.15, 0.2) is 24.5 Å². The van der Waals surface area contributed by atoms with Crippen molar-refractivity contribution in [2.75, 3.05) is 43.4 Å². The summed E-state index contributed by atoms with van der Waals surface area (Å²) >= 11 is 0. The molecule has 0 spiro atoms. The number of aromatic nitrogens is 3. The van der Waals surface area contributed by atoms with Gasteiger partial charge in [-0.2, -0.15) is 4.98 Å². The Hall–Kier alpha value is -2.98. The molecule has 1 saturated carbocycles. The molecule has 2 fully saturated rings. The molecule has 0 bridgehead atoms. The number of aliphatic hydroxyl groups is 1. The molecule has 1 amide bonds. The van der Waals surface area contributed by atoms with Crippen molar-refractivity contribution < 1.29 is 14.6 Å². The Morgan fingerprint density at radius 2 is 1.82 bits per heavy atom. The number of nitrogens with one attached hydrogen (secondary N) is 2. The standard InChI is InChI=1S/C29H45N7O3/c1-5-6-13-30-27-32-19-24(26(34-27)33-22-8-10-23(37)11-9-22)25-12-7-21(18-31-25)20-35-14-16-36(17-15-35)28(38)39-29(2,3)4/h7,12,18-19,22-23,37H,5-6,8-11,13-17,20H2,1-4H3,(H2,30,32,33,34). The number of hydrogen-bond acceptors (Lipinski definition) is 9. The Bertz CT molecular complexity index is 1060. The molecule has 0 atom stereocenters. The quantitative estimate of drug-likeness (QED) is 0.396. The van der Waals surface area contributed by atoms with Gasteiger partial charge >= 0.3 is 6.09 Å². The van der Waals surface area contributed by atoms with E-state index in [1.807, 2.05) is 39.2 Å². The Morgan fingerprint density at radius 3 is 2.46 bits per heavy atom. The Kier molecular flexibility index (Phi) is 9.96. The molecule has 2 aromatic rings. The Morgan fingerprint density at radius 1 is 1.08 bits per heavy atom. The molecule has 1 saturated heterocycles. The lowest BCUT2D eigenvalue weighted by atomic mass is 9.93. The molecule has 10 nitrogen and oxygen atoms in total. The summed E-state index contributed by atoms with van der Waals surface area (Å²) in [6.07, 6.45) is 8.93. The summed E-state index contributed by atoms with van der Waals surface area (Å²) in [5.41, 5.74) is 2.35. The number of hydrogen-bond donors (Lipinski definition) is 3. The Balaban J connectivity index is 1.39. The number of carbonyl (C=O) groups is 1. The number of piperazine rings is 1. The van der Waals surface area contributed by atoms with Gasteiger partial charge in [-0.05, 0) is 64.5 Å². The average molecular weight is 540 g/mol. The number of rotatable bonds is 9. The van der Waals surface area contributed by atoms with Gasteiger partial charge in [-0.3, -0.25) is 9.88 Å². The van der Waals surface area contributed by atoms with Gasteiger partial charge in [0, 0.05) is 57.7 Å². The maximum absolute atomic E-state index is 12.4. The fraction of sp³-hybridized carbons (Fsp3) is 0.655. The van der Waals surface area contributed by atoms with E-state index in [1.165, 1.54) is 0 Å². The SMILES string of the molecule is CCCCNc1ncc(-c2ccc(CN3CCN(C(=O)OC(C)(C)C)CC3)cn2)c(NC2CCC(O)CC2)n1. The van der Waals surface area contributed by atoms with E-state index in [1.54, 1.807) is 4.90 Å². The molecule has 2 aliphatic rings. The van der Waals surface area contributed by atoms with Crippen LogP contribution in [0, 0.1) is 0 Å². The van der Waals surface area contributed by atoms with Gasteiger partial charge in [-0.1, -0.05) is 19.4 Å². The molecular weight excluding hydrogens is 494 g/mol. The molecule has 0 radical (unpaired) electrons. The third kappa shape index (κ3) is 8.76. The lowest BCUT2D eigenvalue weighted by molar-refractivity contribution is 0.0139. The minimum atomic E-state index is -0.479. The van der Waals surface area contributed by atoms with E-state index in [9.17, 15) is 9.90 Å². The van der Waals surface area contributed by atoms with Gasteiger partial charge < -0.3 is 25.4 Å². The van der Waals surface area contributed by atoms with E-state index in [4.69, 9.17) is 14.7 Å². The van der Waals surface area contributed by atoms with E-state index in [2.05, 4.69) is 33.5 Å². The lowest BCUT2D eigenvalue weighted by Gasteiger charge is -2.35. The molecule has 2 aromatic heterocycles. The number of nitrogens with zero attached hydrogens (tertiary/aromatic N) is 5. The van der Waals surface area contributed by atoms with E-state index in [-0.39, 0.29) is 18.2 Å². The highest BCUT2D eigenvalue weighted by Gasteiger charge is 2.26. The van der Waals surface area contributed by atoms with Gasteiger partial charge in [0.25, 0.3) is 0 Å². The van der Waals surface area contributed by atoms with Gasteiger partial charge in [0.15, 0.2) is 0 Å². The zero-order valence-corrected chi connectivity index (χ0v) is 23.9. The van der Waals surface area contributed by atoms with Crippen molar-refractivity contribution in [3.05, 3.63) is 30.1 Å². The summed E-state index contributed by atoms with van der Waals surface area (Å²) in [5.74, 6) is 1.40. The predicted molar refractivity (Wildman–Crippen MR) is 154 cm³/mol. The summed E-state index contributed by atoms with van der Waals surface area (Å²) in [6.45, 7) is 12.4. The lowest BCUT2D eigenvalue weighted by Crippen LogP contribution is -2.49. The molecule has 4 rings (SSSR count). The van der Waals surface area contributed by atoms with E-state index in [0.717, 1.165) is 87.3 Å². The predicted octanol–water partition coefficient (Wildman–Crippen LogP) is 4.52. The molecule has 3 heterocycles. The van der Waals surface area contributed by atoms with Crippen LogP contribution >= 0.6 is 0 Å². The van der Waals surface area contributed by atoms with Crippen LogP contribution in [-0.2, 0) is 11.3 Å². The van der Waals surface area contributed by atoms with E-state index >= 15 is 0 Å². The fourth-order valence-electron chi connectivity index (χ4n) is 4.91. The van der Waals surface area contributed by atoms with Crippen molar-refractivity contribution in [1.29, 1.82) is 0 Å². The van der Waals surface area contributed by atoms with Crippen molar-refractivity contribution in [1.82, 2.24) is 24.8 Å². The Labute approximate surface area is 232 Å². The third-order valence-corrected chi connectivity index (χ3v) is 7.17. The zero-order chi connectivity index (χ0) is 27.8.